The molecular weight excluding hydrogens is 210 g/mol. The van der Waals surface area contributed by atoms with Crippen LogP contribution in [0.15, 0.2) is 35.4 Å². The lowest BCUT2D eigenvalue weighted by Gasteiger charge is -2.34. The van der Waals surface area contributed by atoms with Crippen molar-refractivity contribution in [1.82, 2.24) is 10.3 Å². The first-order valence-electron chi connectivity index (χ1n) is 6.32. The van der Waals surface area contributed by atoms with Crippen molar-refractivity contribution >= 4 is 5.71 Å². The van der Waals surface area contributed by atoms with Crippen molar-refractivity contribution < 1.29 is 0 Å². The first-order chi connectivity index (χ1) is 8.28. The largest absolute Gasteiger partial charge is 0.315 e. The van der Waals surface area contributed by atoms with Crippen molar-refractivity contribution in [3.8, 4) is 0 Å². The van der Waals surface area contributed by atoms with E-state index in [2.05, 4.69) is 52.8 Å². The Bertz CT molecular complexity index is 426. The van der Waals surface area contributed by atoms with E-state index in [1.807, 2.05) is 0 Å². The third-order valence-electron chi connectivity index (χ3n) is 3.82. The van der Waals surface area contributed by atoms with Gasteiger partial charge in [-0.3, -0.25) is 5.01 Å². The van der Waals surface area contributed by atoms with E-state index in [1.54, 1.807) is 0 Å². The van der Waals surface area contributed by atoms with Crippen molar-refractivity contribution in [2.45, 2.75) is 12.8 Å². The summed E-state index contributed by atoms with van der Waals surface area (Å²) in [5, 5.41) is 10.3. The zero-order valence-electron chi connectivity index (χ0n) is 10.3. The molecule has 3 heteroatoms. The van der Waals surface area contributed by atoms with Gasteiger partial charge in [0.1, 0.15) is 0 Å². The highest BCUT2D eigenvalue weighted by molar-refractivity contribution is 5.93. The number of hydrogen-bond acceptors (Lipinski definition) is 3. The number of hydrazone groups is 1. The molecule has 2 heterocycles. The summed E-state index contributed by atoms with van der Waals surface area (Å²) in [6, 6.07) is 10.8. The summed E-state index contributed by atoms with van der Waals surface area (Å²) in [6.45, 7) is 3.18. The zero-order chi connectivity index (χ0) is 11.7. The van der Waals surface area contributed by atoms with Crippen molar-refractivity contribution in [1.29, 1.82) is 0 Å². The molecule has 1 atom stereocenters. The van der Waals surface area contributed by atoms with E-state index in [4.69, 9.17) is 0 Å². The Morgan fingerprint density at radius 1 is 1.35 bits per heavy atom. The summed E-state index contributed by atoms with van der Waals surface area (Å²) in [6.07, 6.45) is 2.20. The lowest BCUT2D eigenvalue weighted by molar-refractivity contribution is 0.271. The standard InChI is InChI=1S/C14H19N3/c1-17-11-14(9-12-5-3-2-4-6-12)10-15-8-7-13(14)16-17/h2-6,15H,7-11H2,1H3/t14-/m1/s1. The Labute approximate surface area is 103 Å². The van der Waals surface area contributed by atoms with Crippen LogP contribution in [0.1, 0.15) is 12.0 Å². The summed E-state index contributed by atoms with van der Waals surface area (Å²) in [5.74, 6) is 0. The molecule has 0 radical (unpaired) electrons. The predicted octanol–water partition coefficient (Wildman–Crippen LogP) is 1.51. The number of rotatable bonds is 2. The normalized spacial score (nSPS) is 27.8. The Morgan fingerprint density at radius 2 is 2.18 bits per heavy atom. The number of nitrogens with zero attached hydrogens (tertiary/aromatic N) is 2. The lowest BCUT2D eigenvalue weighted by atomic mass is 9.75. The first-order valence-corrected chi connectivity index (χ1v) is 6.32. The van der Waals surface area contributed by atoms with E-state index in [1.165, 1.54) is 11.3 Å². The summed E-state index contributed by atoms with van der Waals surface area (Å²) < 4.78 is 0. The Hall–Kier alpha value is -1.35. The third kappa shape index (κ3) is 1.95. The van der Waals surface area contributed by atoms with Crippen LogP contribution in [0, 0.1) is 5.41 Å². The highest BCUT2D eigenvalue weighted by atomic mass is 15.5. The van der Waals surface area contributed by atoms with Crippen molar-refractivity contribution in [3.05, 3.63) is 35.9 Å². The van der Waals surface area contributed by atoms with E-state index in [9.17, 15) is 0 Å². The van der Waals surface area contributed by atoms with Crippen LogP contribution in [0.5, 0.6) is 0 Å². The van der Waals surface area contributed by atoms with Crippen LogP contribution < -0.4 is 5.32 Å². The molecule has 0 unspecified atom stereocenters. The molecule has 3 rings (SSSR count). The molecule has 0 aromatic heterocycles. The van der Waals surface area contributed by atoms with E-state index >= 15 is 0 Å². The highest BCUT2D eigenvalue weighted by Gasteiger charge is 2.42. The molecule has 3 nitrogen and oxygen atoms in total. The number of fused-ring (bicyclic) bond motifs is 1. The molecule has 1 N–H and O–H groups in total. The molecule has 17 heavy (non-hydrogen) atoms. The van der Waals surface area contributed by atoms with Gasteiger partial charge in [-0.25, -0.2) is 0 Å². The van der Waals surface area contributed by atoms with Crippen molar-refractivity contribution in [2.24, 2.45) is 10.5 Å². The van der Waals surface area contributed by atoms with Gasteiger partial charge in [0.05, 0.1) is 0 Å². The Kier molecular flexibility index (Phi) is 2.63. The molecule has 1 saturated heterocycles. The maximum Gasteiger partial charge on any atom is 0.0489 e. The number of hydrogen-bond donors (Lipinski definition) is 1. The fraction of sp³-hybridized carbons (Fsp3) is 0.500. The average Bonchev–Trinajstić information content (AvgIpc) is 2.66. The second-order valence-electron chi connectivity index (χ2n) is 5.23. The second kappa shape index (κ2) is 4.15. The smallest absolute Gasteiger partial charge is 0.0489 e. The third-order valence-corrected chi connectivity index (χ3v) is 3.82. The van der Waals surface area contributed by atoms with Crippen LogP contribution in [0.4, 0.5) is 0 Å². The van der Waals surface area contributed by atoms with Gasteiger partial charge >= 0.3 is 0 Å². The van der Waals surface area contributed by atoms with Crippen molar-refractivity contribution in [2.75, 3.05) is 26.7 Å². The fourth-order valence-corrected chi connectivity index (χ4v) is 3.09. The van der Waals surface area contributed by atoms with Gasteiger partial charge in [0.25, 0.3) is 0 Å². The maximum atomic E-state index is 4.69. The highest BCUT2D eigenvalue weighted by Crippen LogP contribution is 2.33. The minimum Gasteiger partial charge on any atom is -0.315 e. The molecule has 1 aromatic carbocycles. The number of benzene rings is 1. The van der Waals surface area contributed by atoms with Gasteiger partial charge in [-0.1, -0.05) is 30.3 Å². The van der Waals surface area contributed by atoms with Crippen molar-refractivity contribution in [3.63, 3.8) is 0 Å². The quantitative estimate of drug-likeness (QED) is 0.832. The molecular formula is C14H19N3. The van der Waals surface area contributed by atoms with E-state index in [0.717, 1.165) is 32.5 Å². The van der Waals surface area contributed by atoms with Gasteiger partial charge in [-0.15, -0.1) is 0 Å². The van der Waals surface area contributed by atoms with Gasteiger partial charge in [0.2, 0.25) is 0 Å². The number of nitrogens with one attached hydrogen (secondary N) is 1. The van der Waals surface area contributed by atoms with E-state index in [-0.39, 0.29) is 5.41 Å². The molecule has 1 fully saturated rings. The molecule has 0 aliphatic carbocycles. The van der Waals surface area contributed by atoms with E-state index < -0.39 is 0 Å². The molecule has 2 aliphatic rings. The summed E-state index contributed by atoms with van der Waals surface area (Å²) in [4.78, 5) is 0. The predicted molar refractivity (Wildman–Crippen MR) is 70.1 cm³/mol. The zero-order valence-corrected chi connectivity index (χ0v) is 10.3. The maximum absolute atomic E-state index is 4.69. The Morgan fingerprint density at radius 3 is 3.00 bits per heavy atom. The molecule has 0 saturated carbocycles. The van der Waals surface area contributed by atoms with Crippen LogP contribution in [-0.4, -0.2) is 37.4 Å². The van der Waals surface area contributed by atoms with Crippen LogP contribution in [0.25, 0.3) is 0 Å². The monoisotopic (exact) mass is 229 g/mol. The SMILES string of the molecule is CN1C[C@@]2(Cc3ccccc3)CNCCC2=N1. The summed E-state index contributed by atoms with van der Waals surface area (Å²) in [7, 11) is 2.08. The minimum absolute atomic E-state index is 0.231. The molecule has 90 valence electrons. The molecule has 0 amide bonds. The molecule has 1 aromatic rings. The van der Waals surface area contributed by atoms with Gasteiger partial charge in [0, 0.05) is 44.2 Å². The molecule has 0 spiro atoms. The van der Waals surface area contributed by atoms with Gasteiger partial charge in [-0.2, -0.15) is 5.10 Å². The van der Waals surface area contributed by atoms with Gasteiger partial charge in [-0.05, 0) is 12.0 Å². The van der Waals surface area contributed by atoms with Crippen LogP contribution in [-0.2, 0) is 6.42 Å². The average molecular weight is 229 g/mol. The van der Waals surface area contributed by atoms with Crippen LogP contribution in [0.3, 0.4) is 0 Å². The minimum atomic E-state index is 0.231. The first kappa shape index (κ1) is 10.8. The fourth-order valence-electron chi connectivity index (χ4n) is 3.09. The Balaban J connectivity index is 1.87. The van der Waals surface area contributed by atoms with Crippen LogP contribution >= 0.6 is 0 Å². The second-order valence-corrected chi connectivity index (χ2v) is 5.23. The van der Waals surface area contributed by atoms with Crippen LogP contribution in [0.2, 0.25) is 0 Å². The van der Waals surface area contributed by atoms with Gasteiger partial charge in [0.15, 0.2) is 0 Å². The summed E-state index contributed by atoms with van der Waals surface area (Å²) in [5.41, 5.74) is 3.04. The van der Waals surface area contributed by atoms with E-state index in [0.29, 0.717) is 0 Å². The molecule has 2 aliphatic heterocycles. The van der Waals surface area contributed by atoms with Gasteiger partial charge < -0.3 is 5.32 Å². The topological polar surface area (TPSA) is 27.6 Å². The molecule has 0 bridgehead atoms. The number of piperidine rings is 1. The lowest BCUT2D eigenvalue weighted by Crippen LogP contribution is -2.49. The summed E-state index contributed by atoms with van der Waals surface area (Å²) >= 11 is 0.